The smallest absolute Gasteiger partial charge is 0.227 e. The van der Waals surface area contributed by atoms with Crippen molar-refractivity contribution >= 4 is 17.5 Å². The third-order valence-corrected chi connectivity index (χ3v) is 2.85. The highest BCUT2D eigenvalue weighted by molar-refractivity contribution is 6.31. The van der Waals surface area contributed by atoms with E-state index in [2.05, 4.69) is 0 Å². The Morgan fingerprint density at radius 1 is 1.38 bits per heavy atom. The van der Waals surface area contributed by atoms with E-state index < -0.39 is 0 Å². The maximum absolute atomic E-state index is 11.8. The monoisotopic (exact) mass is 241 g/mol. The molecule has 1 aromatic rings. The van der Waals surface area contributed by atoms with Crippen LogP contribution in [0.1, 0.15) is 19.4 Å². The number of carbonyl (C=O) groups is 1. The Morgan fingerprint density at radius 2 is 2.00 bits per heavy atom. The summed E-state index contributed by atoms with van der Waals surface area (Å²) in [5, 5.41) is 9.62. The largest absolute Gasteiger partial charge is 0.508 e. The van der Waals surface area contributed by atoms with Gasteiger partial charge in [-0.05, 0) is 31.5 Å². The summed E-state index contributed by atoms with van der Waals surface area (Å²) in [5.41, 5.74) is 0.747. The number of halogens is 1. The van der Waals surface area contributed by atoms with Gasteiger partial charge in [-0.15, -0.1) is 0 Å². The Balaban J connectivity index is 2.76. The van der Waals surface area contributed by atoms with Crippen LogP contribution in [0, 0.1) is 0 Å². The summed E-state index contributed by atoms with van der Waals surface area (Å²) >= 11 is 5.93. The number of hydrogen-bond acceptors (Lipinski definition) is 2. The van der Waals surface area contributed by atoms with Crippen molar-refractivity contribution in [2.75, 3.05) is 13.1 Å². The van der Waals surface area contributed by atoms with Crippen LogP contribution in [0.15, 0.2) is 18.2 Å². The van der Waals surface area contributed by atoms with Gasteiger partial charge < -0.3 is 10.0 Å². The van der Waals surface area contributed by atoms with Gasteiger partial charge in [0, 0.05) is 18.1 Å². The minimum Gasteiger partial charge on any atom is -0.508 e. The molecule has 0 radical (unpaired) electrons. The average molecular weight is 242 g/mol. The van der Waals surface area contributed by atoms with Crippen molar-refractivity contribution in [1.82, 2.24) is 4.90 Å². The van der Waals surface area contributed by atoms with Crippen LogP contribution in [0.25, 0.3) is 0 Å². The molecule has 0 heterocycles. The summed E-state index contributed by atoms with van der Waals surface area (Å²) in [6.45, 7) is 5.29. The molecule has 1 N–H and O–H groups in total. The fraction of sp³-hybridized carbons (Fsp3) is 0.417. The number of hydrogen-bond donors (Lipinski definition) is 1. The molecule has 0 bridgehead atoms. The lowest BCUT2D eigenvalue weighted by Crippen LogP contribution is -2.31. The molecular formula is C12H16ClNO2. The fourth-order valence-corrected chi connectivity index (χ4v) is 1.77. The molecule has 0 spiro atoms. The van der Waals surface area contributed by atoms with E-state index in [-0.39, 0.29) is 18.1 Å². The summed E-state index contributed by atoms with van der Waals surface area (Å²) < 4.78 is 0. The van der Waals surface area contributed by atoms with E-state index in [9.17, 15) is 9.90 Å². The van der Waals surface area contributed by atoms with E-state index in [0.717, 1.165) is 5.56 Å². The topological polar surface area (TPSA) is 40.5 Å². The number of aromatic hydroxyl groups is 1. The summed E-state index contributed by atoms with van der Waals surface area (Å²) in [5.74, 6) is 0.168. The van der Waals surface area contributed by atoms with Gasteiger partial charge in [0.05, 0.1) is 6.42 Å². The number of carbonyl (C=O) groups excluding carboxylic acids is 1. The minimum atomic E-state index is 0.0533. The van der Waals surface area contributed by atoms with Crippen LogP contribution in [0.2, 0.25) is 5.02 Å². The lowest BCUT2D eigenvalue weighted by Gasteiger charge is -2.18. The van der Waals surface area contributed by atoms with E-state index in [1.54, 1.807) is 11.0 Å². The third kappa shape index (κ3) is 3.14. The molecule has 0 aromatic heterocycles. The number of benzene rings is 1. The summed E-state index contributed by atoms with van der Waals surface area (Å²) in [4.78, 5) is 13.6. The quantitative estimate of drug-likeness (QED) is 0.880. The van der Waals surface area contributed by atoms with Gasteiger partial charge in [-0.25, -0.2) is 0 Å². The molecule has 0 atom stereocenters. The zero-order valence-electron chi connectivity index (χ0n) is 9.53. The van der Waals surface area contributed by atoms with Gasteiger partial charge in [0.25, 0.3) is 0 Å². The molecule has 3 nitrogen and oxygen atoms in total. The minimum absolute atomic E-state index is 0.0533. The zero-order chi connectivity index (χ0) is 12.1. The Morgan fingerprint density at radius 3 is 2.50 bits per heavy atom. The van der Waals surface area contributed by atoms with Gasteiger partial charge in [0.2, 0.25) is 5.91 Å². The molecule has 1 amide bonds. The van der Waals surface area contributed by atoms with Gasteiger partial charge in [-0.1, -0.05) is 17.7 Å². The highest BCUT2D eigenvalue weighted by atomic mass is 35.5. The van der Waals surface area contributed by atoms with Crippen molar-refractivity contribution in [2.24, 2.45) is 0 Å². The Hall–Kier alpha value is -1.22. The van der Waals surface area contributed by atoms with Gasteiger partial charge >= 0.3 is 0 Å². The van der Waals surface area contributed by atoms with E-state index in [0.29, 0.717) is 18.1 Å². The van der Waals surface area contributed by atoms with Crippen molar-refractivity contribution in [1.29, 1.82) is 0 Å². The van der Waals surface area contributed by atoms with E-state index in [1.807, 2.05) is 13.8 Å². The molecule has 0 aliphatic heterocycles. The van der Waals surface area contributed by atoms with Crippen molar-refractivity contribution in [2.45, 2.75) is 20.3 Å². The highest BCUT2D eigenvalue weighted by Gasteiger charge is 2.12. The van der Waals surface area contributed by atoms with Crippen molar-refractivity contribution in [3.05, 3.63) is 28.8 Å². The summed E-state index contributed by atoms with van der Waals surface area (Å²) in [7, 11) is 0. The van der Waals surface area contributed by atoms with Gasteiger partial charge in [-0.2, -0.15) is 0 Å². The maximum atomic E-state index is 11.8. The number of amides is 1. The van der Waals surface area contributed by atoms with Crippen LogP contribution in [0.4, 0.5) is 0 Å². The number of phenolic OH excluding ortho intramolecular Hbond substituents is 1. The van der Waals surface area contributed by atoms with Crippen LogP contribution in [0.3, 0.4) is 0 Å². The van der Waals surface area contributed by atoms with Crippen molar-refractivity contribution < 1.29 is 9.90 Å². The number of nitrogens with zero attached hydrogens (tertiary/aromatic N) is 1. The Bertz CT molecular complexity index is 375. The SMILES string of the molecule is CCN(CC)C(=O)Cc1ccc(O)cc1Cl. The first-order valence-electron chi connectivity index (χ1n) is 5.33. The molecule has 0 aliphatic carbocycles. The normalized spacial score (nSPS) is 10.2. The lowest BCUT2D eigenvalue weighted by atomic mass is 10.1. The first-order chi connectivity index (χ1) is 7.58. The molecular weight excluding hydrogens is 226 g/mol. The van der Waals surface area contributed by atoms with E-state index >= 15 is 0 Å². The predicted octanol–water partition coefficient (Wildman–Crippen LogP) is 2.46. The second-order valence-corrected chi connectivity index (χ2v) is 3.93. The maximum Gasteiger partial charge on any atom is 0.227 e. The molecule has 4 heteroatoms. The molecule has 0 saturated carbocycles. The highest BCUT2D eigenvalue weighted by Crippen LogP contribution is 2.22. The van der Waals surface area contributed by atoms with Gasteiger partial charge in [0.15, 0.2) is 0 Å². The van der Waals surface area contributed by atoms with E-state index in [1.165, 1.54) is 12.1 Å². The number of phenols is 1. The molecule has 88 valence electrons. The first kappa shape index (κ1) is 12.8. The Kier molecular flexibility index (Phi) is 4.62. The average Bonchev–Trinajstić information content (AvgIpc) is 2.24. The second-order valence-electron chi connectivity index (χ2n) is 3.52. The second kappa shape index (κ2) is 5.75. The molecule has 1 aromatic carbocycles. The molecule has 16 heavy (non-hydrogen) atoms. The van der Waals surface area contributed by atoms with Crippen molar-refractivity contribution in [3.63, 3.8) is 0 Å². The third-order valence-electron chi connectivity index (χ3n) is 2.49. The van der Waals surface area contributed by atoms with Crippen LogP contribution in [-0.4, -0.2) is 29.0 Å². The molecule has 1 rings (SSSR count). The van der Waals surface area contributed by atoms with Crippen LogP contribution in [-0.2, 0) is 11.2 Å². The first-order valence-corrected chi connectivity index (χ1v) is 5.71. The lowest BCUT2D eigenvalue weighted by molar-refractivity contribution is -0.130. The predicted molar refractivity (Wildman–Crippen MR) is 64.7 cm³/mol. The number of likely N-dealkylation sites (N-methyl/N-ethyl adjacent to an activating group) is 1. The summed E-state index contributed by atoms with van der Waals surface area (Å²) in [6.07, 6.45) is 0.279. The van der Waals surface area contributed by atoms with Crippen LogP contribution < -0.4 is 0 Å². The molecule has 0 saturated heterocycles. The van der Waals surface area contributed by atoms with Gasteiger partial charge in [-0.3, -0.25) is 4.79 Å². The molecule has 0 unspecified atom stereocenters. The summed E-state index contributed by atoms with van der Waals surface area (Å²) in [6, 6.07) is 4.67. The van der Waals surface area contributed by atoms with Gasteiger partial charge in [0.1, 0.15) is 5.75 Å². The van der Waals surface area contributed by atoms with Crippen LogP contribution >= 0.6 is 11.6 Å². The number of rotatable bonds is 4. The van der Waals surface area contributed by atoms with E-state index in [4.69, 9.17) is 11.6 Å². The fourth-order valence-electron chi connectivity index (χ4n) is 1.53. The van der Waals surface area contributed by atoms with Crippen molar-refractivity contribution in [3.8, 4) is 5.75 Å². The standard InChI is InChI=1S/C12H16ClNO2/c1-3-14(4-2)12(16)7-9-5-6-10(15)8-11(9)13/h5-6,8,15H,3-4,7H2,1-2H3. The van der Waals surface area contributed by atoms with Crippen LogP contribution in [0.5, 0.6) is 5.75 Å². The Labute approximate surface area is 101 Å². The zero-order valence-corrected chi connectivity index (χ0v) is 10.3. The molecule has 0 aliphatic rings. The molecule has 0 fully saturated rings.